The summed E-state index contributed by atoms with van der Waals surface area (Å²) in [6.45, 7) is 3.95. The second-order valence-electron chi connectivity index (χ2n) is 3.78. The fourth-order valence-corrected chi connectivity index (χ4v) is 1.50. The summed E-state index contributed by atoms with van der Waals surface area (Å²) in [5.41, 5.74) is 2.95. The Kier molecular flexibility index (Phi) is 3.09. The van der Waals surface area contributed by atoms with Gasteiger partial charge in [-0.2, -0.15) is 0 Å². The molecule has 2 aromatic rings. The first-order valence-corrected chi connectivity index (χ1v) is 5.21. The Balaban J connectivity index is 2.03. The van der Waals surface area contributed by atoms with Gasteiger partial charge in [0.1, 0.15) is 6.26 Å². The lowest BCUT2D eigenvalue weighted by Crippen LogP contribution is -2.20. The van der Waals surface area contributed by atoms with Crippen LogP contribution in [0.5, 0.6) is 0 Å². The van der Waals surface area contributed by atoms with E-state index in [4.69, 9.17) is 0 Å². The summed E-state index contributed by atoms with van der Waals surface area (Å²) in [6, 6.07) is 7.05. The molecule has 5 nitrogen and oxygen atoms in total. The number of amides is 2. The summed E-state index contributed by atoms with van der Waals surface area (Å²) in [7, 11) is 0. The van der Waals surface area contributed by atoms with Crippen molar-refractivity contribution in [1.82, 2.24) is 5.16 Å². The molecule has 5 heteroatoms. The predicted molar refractivity (Wildman–Crippen MR) is 65.1 cm³/mol. The molecule has 2 N–H and O–H groups in total. The number of hydrogen-bond acceptors (Lipinski definition) is 3. The fourth-order valence-electron chi connectivity index (χ4n) is 1.50. The summed E-state index contributed by atoms with van der Waals surface area (Å²) in [5.74, 6) is 0.382. The van der Waals surface area contributed by atoms with Gasteiger partial charge in [-0.05, 0) is 25.5 Å². The van der Waals surface area contributed by atoms with Crippen molar-refractivity contribution in [2.24, 2.45) is 0 Å². The highest BCUT2D eigenvalue weighted by molar-refractivity contribution is 5.99. The molecule has 0 fully saturated rings. The first-order chi connectivity index (χ1) is 8.15. The minimum absolute atomic E-state index is 0.342. The van der Waals surface area contributed by atoms with Gasteiger partial charge >= 0.3 is 6.03 Å². The molecule has 0 aliphatic heterocycles. The zero-order valence-corrected chi connectivity index (χ0v) is 9.65. The largest absolute Gasteiger partial charge is 0.363 e. The van der Waals surface area contributed by atoms with E-state index in [9.17, 15) is 4.79 Å². The second-order valence-corrected chi connectivity index (χ2v) is 3.78. The Morgan fingerprint density at radius 1 is 1.24 bits per heavy atom. The molecule has 88 valence electrons. The SMILES string of the molecule is Cc1ccc(NC(=O)Nc2ccon2)c(C)c1. The van der Waals surface area contributed by atoms with Crippen molar-refractivity contribution < 1.29 is 9.32 Å². The highest BCUT2D eigenvalue weighted by Crippen LogP contribution is 2.16. The molecular weight excluding hydrogens is 218 g/mol. The average Bonchev–Trinajstić information content (AvgIpc) is 2.75. The number of hydrogen-bond donors (Lipinski definition) is 2. The van der Waals surface area contributed by atoms with Gasteiger partial charge in [-0.15, -0.1) is 0 Å². The van der Waals surface area contributed by atoms with E-state index in [1.54, 1.807) is 6.07 Å². The molecule has 1 heterocycles. The molecule has 2 amide bonds. The number of nitrogens with one attached hydrogen (secondary N) is 2. The summed E-state index contributed by atoms with van der Waals surface area (Å²) in [6.07, 6.45) is 1.40. The van der Waals surface area contributed by atoms with E-state index < -0.39 is 0 Å². The number of aryl methyl sites for hydroxylation is 2. The smallest absolute Gasteiger partial charge is 0.324 e. The van der Waals surface area contributed by atoms with Crippen LogP contribution < -0.4 is 10.6 Å². The van der Waals surface area contributed by atoms with Crippen LogP contribution in [0.2, 0.25) is 0 Å². The topological polar surface area (TPSA) is 67.2 Å². The minimum atomic E-state index is -0.342. The fraction of sp³-hybridized carbons (Fsp3) is 0.167. The number of anilines is 2. The van der Waals surface area contributed by atoms with Crippen molar-refractivity contribution >= 4 is 17.5 Å². The van der Waals surface area contributed by atoms with Crippen molar-refractivity contribution in [3.05, 3.63) is 41.7 Å². The molecule has 1 aromatic heterocycles. The maximum atomic E-state index is 11.6. The number of urea groups is 1. The standard InChI is InChI=1S/C12H13N3O2/c1-8-3-4-10(9(2)7-8)13-12(16)14-11-5-6-17-15-11/h3-7H,1-2H3,(H2,13,14,15,16). The molecule has 0 aliphatic carbocycles. The van der Waals surface area contributed by atoms with Gasteiger partial charge in [-0.25, -0.2) is 4.79 Å². The van der Waals surface area contributed by atoms with Gasteiger partial charge in [0.15, 0.2) is 5.82 Å². The number of carbonyl (C=O) groups excluding carboxylic acids is 1. The van der Waals surface area contributed by atoms with Crippen LogP contribution in [0.15, 0.2) is 35.1 Å². The van der Waals surface area contributed by atoms with Crippen LogP contribution in [0.25, 0.3) is 0 Å². The van der Waals surface area contributed by atoms with E-state index >= 15 is 0 Å². The monoisotopic (exact) mass is 231 g/mol. The van der Waals surface area contributed by atoms with Gasteiger partial charge in [0.2, 0.25) is 0 Å². The van der Waals surface area contributed by atoms with Gasteiger partial charge in [-0.1, -0.05) is 22.9 Å². The van der Waals surface area contributed by atoms with Gasteiger partial charge in [0.25, 0.3) is 0 Å². The third-order valence-electron chi connectivity index (χ3n) is 2.31. The first kappa shape index (κ1) is 11.2. The molecule has 17 heavy (non-hydrogen) atoms. The molecule has 0 unspecified atom stereocenters. The van der Waals surface area contributed by atoms with Crippen molar-refractivity contribution in [1.29, 1.82) is 0 Å². The van der Waals surface area contributed by atoms with Crippen LogP contribution in [-0.2, 0) is 0 Å². The van der Waals surface area contributed by atoms with Crippen LogP contribution in [-0.4, -0.2) is 11.2 Å². The third-order valence-corrected chi connectivity index (χ3v) is 2.31. The Morgan fingerprint density at radius 3 is 2.71 bits per heavy atom. The van der Waals surface area contributed by atoms with Crippen molar-refractivity contribution in [2.45, 2.75) is 13.8 Å². The van der Waals surface area contributed by atoms with Gasteiger partial charge in [-0.3, -0.25) is 5.32 Å². The molecule has 0 radical (unpaired) electrons. The van der Waals surface area contributed by atoms with Gasteiger partial charge in [0.05, 0.1) is 0 Å². The molecule has 0 atom stereocenters. The molecular formula is C12H13N3O2. The average molecular weight is 231 g/mol. The Morgan fingerprint density at radius 2 is 2.06 bits per heavy atom. The van der Waals surface area contributed by atoms with E-state index in [-0.39, 0.29) is 6.03 Å². The lowest BCUT2D eigenvalue weighted by molar-refractivity contribution is 0.262. The zero-order valence-electron chi connectivity index (χ0n) is 9.65. The molecule has 0 bridgehead atoms. The van der Waals surface area contributed by atoms with E-state index in [0.717, 1.165) is 16.8 Å². The molecule has 1 aromatic carbocycles. The Labute approximate surface area is 98.8 Å². The van der Waals surface area contributed by atoms with Crippen LogP contribution in [0.1, 0.15) is 11.1 Å². The van der Waals surface area contributed by atoms with Gasteiger partial charge < -0.3 is 9.84 Å². The van der Waals surface area contributed by atoms with Crippen LogP contribution in [0, 0.1) is 13.8 Å². The lowest BCUT2D eigenvalue weighted by atomic mass is 10.1. The molecule has 0 aliphatic rings. The van der Waals surface area contributed by atoms with Crippen molar-refractivity contribution in [3.8, 4) is 0 Å². The summed E-state index contributed by atoms with van der Waals surface area (Å²) >= 11 is 0. The normalized spacial score (nSPS) is 10.0. The van der Waals surface area contributed by atoms with Crippen LogP contribution in [0.4, 0.5) is 16.3 Å². The van der Waals surface area contributed by atoms with Crippen molar-refractivity contribution in [3.63, 3.8) is 0 Å². The summed E-state index contributed by atoms with van der Waals surface area (Å²) in [4.78, 5) is 11.6. The quantitative estimate of drug-likeness (QED) is 0.835. The van der Waals surface area contributed by atoms with Crippen LogP contribution >= 0.6 is 0 Å². The van der Waals surface area contributed by atoms with E-state index in [1.165, 1.54) is 6.26 Å². The van der Waals surface area contributed by atoms with E-state index in [2.05, 4.69) is 20.3 Å². The third kappa shape index (κ3) is 2.84. The second kappa shape index (κ2) is 4.69. The summed E-state index contributed by atoms with van der Waals surface area (Å²) < 4.78 is 4.61. The number of benzene rings is 1. The highest BCUT2D eigenvalue weighted by Gasteiger charge is 2.06. The molecule has 0 saturated heterocycles. The van der Waals surface area contributed by atoms with Crippen LogP contribution in [0.3, 0.4) is 0 Å². The van der Waals surface area contributed by atoms with Gasteiger partial charge in [0, 0.05) is 11.8 Å². The Hall–Kier alpha value is -2.30. The molecule has 0 spiro atoms. The number of carbonyl (C=O) groups is 1. The zero-order chi connectivity index (χ0) is 12.3. The lowest BCUT2D eigenvalue weighted by Gasteiger charge is -2.08. The predicted octanol–water partition coefficient (Wildman–Crippen LogP) is 2.94. The molecule has 0 saturated carbocycles. The highest BCUT2D eigenvalue weighted by atomic mass is 16.5. The number of aromatic nitrogens is 1. The van der Waals surface area contributed by atoms with Crippen molar-refractivity contribution in [2.75, 3.05) is 10.6 Å². The first-order valence-electron chi connectivity index (χ1n) is 5.21. The maximum absolute atomic E-state index is 11.6. The minimum Gasteiger partial charge on any atom is -0.363 e. The summed E-state index contributed by atoms with van der Waals surface area (Å²) in [5, 5.41) is 8.89. The maximum Gasteiger partial charge on any atom is 0.324 e. The van der Waals surface area contributed by atoms with E-state index in [1.807, 2.05) is 32.0 Å². The Bertz CT molecular complexity index is 521. The molecule has 2 rings (SSSR count). The number of rotatable bonds is 2. The van der Waals surface area contributed by atoms with E-state index in [0.29, 0.717) is 5.82 Å². The number of nitrogens with zero attached hydrogens (tertiary/aromatic N) is 1.